The predicted octanol–water partition coefficient (Wildman–Crippen LogP) is 4.65. The van der Waals surface area contributed by atoms with Crippen molar-refractivity contribution in [3.8, 4) is 0 Å². The Hall–Kier alpha value is -0.790. The van der Waals surface area contributed by atoms with Gasteiger partial charge in [0.05, 0.1) is 0 Å². The van der Waals surface area contributed by atoms with Gasteiger partial charge in [-0.05, 0) is 61.7 Å². The number of hydrogen-bond donors (Lipinski definition) is 1. The van der Waals surface area contributed by atoms with Crippen LogP contribution in [0.4, 0.5) is 0 Å². The van der Waals surface area contributed by atoms with Gasteiger partial charge < -0.3 is 5.11 Å². The Morgan fingerprint density at radius 3 is 2.58 bits per heavy atom. The van der Waals surface area contributed by atoms with Crippen LogP contribution in [-0.2, 0) is 4.79 Å². The highest BCUT2D eigenvalue weighted by Gasteiger charge is 2.45. The summed E-state index contributed by atoms with van der Waals surface area (Å²) in [6, 6.07) is 0. The smallest absolute Gasteiger partial charge is 0.331 e. The highest BCUT2D eigenvalue weighted by molar-refractivity contribution is 5.87. The van der Waals surface area contributed by atoms with Gasteiger partial charge in [0.15, 0.2) is 0 Å². The molecule has 2 aliphatic rings. The number of hydrogen-bond acceptors (Lipinski definition) is 1. The van der Waals surface area contributed by atoms with E-state index in [4.69, 9.17) is 0 Å². The third kappa shape index (κ3) is 2.59. The lowest BCUT2D eigenvalue weighted by molar-refractivity contribution is -0.132. The average molecular weight is 264 g/mol. The van der Waals surface area contributed by atoms with Gasteiger partial charge in [-0.2, -0.15) is 0 Å². The van der Waals surface area contributed by atoms with Crippen LogP contribution in [0.5, 0.6) is 0 Å². The van der Waals surface area contributed by atoms with Gasteiger partial charge in [-0.25, -0.2) is 4.79 Å². The van der Waals surface area contributed by atoms with Crippen LogP contribution in [-0.4, -0.2) is 11.1 Å². The van der Waals surface area contributed by atoms with Gasteiger partial charge in [-0.1, -0.05) is 33.3 Å². The van der Waals surface area contributed by atoms with Crippen molar-refractivity contribution < 1.29 is 9.90 Å². The summed E-state index contributed by atoms with van der Waals surface area (Å²) in [5.74, 6) is 1.56. The normalized spacial score (nSPS) is 36.5. The van der Waals surface area contributed by atoms with E-state index in [0.717, 1.165) is 24.7 Å². The lowest BCUT2D eigenvalue weighted by atomic mass is 9.54. The topological polar surface area (TPSA) is 37.3 Å². The fourth-order valence-electron chi connectivity index (χ4n) is 4.34. The van der Waals surface area contributed by atoms with Crippen LogP contribution >= 0.6 is 0 Å². The first kappa shape index (κ1) is 14.6. The van der Waals surface area contributed by atoms with Gasteiger partial charge in [0.1, 0.15) is 0 Å². The van der Waals surface area contributed by atoms with Crippen LogP contribution < -0.4 is 0 Å². The zero-order chi connectivity index (χ0) is 14.2. The van der Waals surface area contributed by atoms with E-state index in [1.807, 2.05) is 6.92 Å². The highest BCUT2D eigenvalue weighted by atomic mass is 16.4. The highest BCUT2D eigenvalue weighted by Crippen LogP contribution is 2.54. The number of rotatable bonds is 2. The molecule has 0 amide bonds. The first-order valence-corrected chi connectivity index (χ1v) is 7.82. The van der Waals surface area contributed by atoms with E-state index in [1.54, 1.807) is 0 Å². The molecule has 108 valence electrons. The second-order valence-corrected chi connectivity index (χ2v) is 7.15. The summed E-state index contributed by atoms with van der Waals surface area (Å²) in [5, 5.41) is 9.35. The van der Waals surface area contributed by atoms with E-state index in [-0.39, 0.29) is 0 Å². The van der Waals surface area contributed by atoms with Crippen molar-refractivity contribution in [2.75, 3.05) is 0 Å². The van der Waals surface area contributed by atoms with Crippen LogP contribution in [0, 0.1) is 23.2 Å². The molecule has 2 aliphatic carbocycles. The first-order chi connectivity index (χ1) is 8.87. The second-order valence-electron chi connectivity index (χ2n) is 7.15. The molecular weight excluding hydrogens is 236 g/mol. The molecule has 0 aliphatic heterocycles. The number of carbonyl (C=O) groups is 1. The van der Waals surface area contributed by atoms with Gasteiger partial charge >= 0.3 is 5.97 Å². The van der Waals surface area contributed by atoms with E-state index in [2.05, 4.69) is 20.8 Å². The Morgan fingerprint density at radius 2 is 2.00 bits per heavy atom. The van der Waals surface area contributed by atoms with Gasteiger partial charge in [0.2, 0.25) is 0 Å². The fraction of sp³-hybridized carbons (Fsp3) is 0.824. The Morgan fingerprint density at radius 1 is 1.32 bits per heavy atom. The SMILES string of the molecule is CC/C(C(=O)O)=C1/CC[C@H]2CC[C@H](C)C(C)(C)[C@@H]2C1. The van der Waals surface area contributed by atoms with Crippen molar-refractivity contribution >= 4 is 5.97 Å². The molecule has 19 heavy (non-hydrogen) atoms. The zero-order valence-electron chi connectivity index (χ0n) is 12.8. The third-order valence-electron chi connectivity index (χ3n) is 6.09. The quantitative estimate of drug-likeness (QED) is 0.737. The summed E-state index contributed by atoms with van der Waals surface area (Å²) in [4.78, 5) is 11.4. The maximum Gasteiger partial charge on any atom is 0.331 e. The van der Waals surface area contributed by atoms with Crippen molar-refractivity contribution in [1.82, 2.24) is 0 Å². The van der Waals surface area contributed by atoms with Gasteiger partial charge in [-0.15, -0.1) is 0 Å². The molecule has 0 saturated heterocycles. The van der Waals surface area contributed by atoms with Crippen LogP contribution in [0.25, 0.3) is 0 Å². The monoisotopic (exact) mass is 264 g/mol. The molecule has 0 aromatic heterocycles. The second kappa shape index (κ2) is 5.30. The number of carboxylic acid groups (broad SMARTS) is 1. The minimum atomic E-state index is -0.697. The third-order valence-corrected chi connectivity index (χ3v) is 6.09. The van der Waals surface area contributed by atoms with E-state index >= 15 is 0 Å². The molecule has 0 radical (unpaired) electrons. The van der Waals surface area contributed by atoms with Crippen molar-refractivity contribution in [2.24, 2.45) is 23.2 Å². The summed E-state index contributed by atoms with van der Waals surface area (Å²) in [7, 11) is 0. The van der Waals surface area contributed by atoms with Crippen molar-refractivity contribution in [3.63, 3.8) is 0 Å². The molecular formula is C17H28O2. The maximum atomic E-state index is 11.4. The molecule has 0 unspecified atom stereocenters. The largest absolute Gasteiger partial charge is 0.478 e. The summed E-state index contributed by atoms with van der Waals surface area (Å²) in [5.41, 5.74) is 2.28. The summed E-state index contributed by atoms with van der Waals surface area (Å²) in [6.45, 7) is 9.12. The first-order valence-electron chi connectivity index (χ1n) is 7.82. The van der Waals surface area contributed by atoms with E-state index in [9.17, 15) is 9.90 Å². The molecule has 0 spiro atoms. The van der Waals surface area contributed by atoms with Gasteiger partial charge in [0, 0.05) is 5.57 Å². The molecule has 2 rings (SSSR count). The summed E-state index contributed by atoms with van der Waals surface area (Å²) >= 11 is 0. The van der Waals surface area contributed by atoms with Crippen molar-refractivity contribution in [2.45, 2.75) is 66.2 Å². The summed E-state index contributed by atoms with van der Waals surface area (Å²) < 4.78 is 0. The molecule has 2 nitrogen and oxygen atoms in total. The molecule has 1 N–H and O–H groups in total. The van der Waals surface area contributed by atoms with Gasteiger partial charge in [-0.3, -0.25) is 0 Å². The minimum absolute atomic E-state index is 0.353. The molecule has 2 saturated carbocycles. The average Bonchev–Trinajstić information content (AvgIpc) is 2.35. The predicted molar refractivity (Wildman–Crippen MR) is 78.0 cm³/mol. The van der Waals surface area contributed by atoms with E-state index in [1.165, 1.54) is 24.8 Å². The number of aliphatic carboxylic acids is 1. The van der Waals surface area contributed by atoms with E-state index < -0.39 is 5.97 Å². The van der Waals surface area contributed by atoms with Crippen LogP contribution in [0.15, 0.2) is 11.1 Å². The number of allylic oxidation sites excluding steroid dienone is 1. The zero-order valence-corrected chi connectivity index (χ0v) is 12.8. The fourth-order valence-corrected chi connectivity index (χ4v) is 4.34. The Bertz CT molecular complexity index is 392. The van der Waals surface area contributed by atoms with Crippen molar-refractivity contribution in [3.05, 3.63) is 11.1 Å². The van der Waals surface area contributed by atoms with E-state index in [0.29, 0.717) is 23.3 Å². The van der Waals surface area contributed by atoms with Gasteiger partial charge in [0.25, 0.3) is 0 Å². The Balaban J connectivity index is 2.27. The minimum Gasteiger partial charge on any atom is -0.478 e. The van der Waals surface area contributed by atoms with Crippen molar-refractivity contribution in [1.29, 1.82) is 0 Å². The van der Waals surface area contributed by atoms with Crippen LogP contribution in [0.1, 0.15) is 66.2 Å². The van der Waals surface area contributed by atoms with Crippen LogP contribution in [0.3, 0.4) is 0 Å². The molecule has 0 bridgehead atoms. The molecule has 2 fully saturated rings. The molecule has 0 aromatic carbocycles. The lowest BCUT2D eigenvalue weighted by Crippen LogP contribution is -2.42. The molecule has 3 atom stereocenters. The maximum absolute atomic E-state index is 11.4. The van der Waals surface area contributed by atoms with Crippen LogP contribution in [0.2, 0.25) is 0 Å². The Kier molecular flexibility index (Phi) is 4.08. The number of carboxylic acids is 1. The molecule has 0 heterocycles. The molecule has 2 heteroatoms. The standard InChI is InChI=1S/C17H28O2/c1-5-14(16(18)19)13-9-8-12-7-6-11(2)17(3,4)15(12)10-13/h11-12,15H,5-10H2,1-4H3,(H,18,19)/b14-13+/t11-,12+,15+/m0/s1. The number of fused-ring (bicyclic) bond motifs is 1. The Labute approximate surface area is 117 Å². The molecule has 0 aromatic rings. The lowest BCUT2D eigenvalue weighted by Gasteiger charge is -2.51. The summed E-state index contributed by atoms with van der Waals surface area (Å²) in [6.07, 6.45) is 6.59.